The molecule has 1 aliphatic rings. The fourth-order valence-corrected chi connectivity index (χ4v) is 1.82. The Morgan fingerprint density at radius 1 is 1.40 bits per heavy atom. The van der Waals surface area contributed by atoms with Crippen molar-refractivity contribution in [3.63, 3.8) is 0 Å². The lowest BCUT2D eigenvalue weighted by Gasteiger charge is -2.05. The van der Waals surface area contributed by atoms with E-state index in [-0.39, 0.29) is 12.0 Å². The highest BCUT2D eigenvalue weighted by molar-refractivity contribution is 5.80. The number of fused-ring (bicyclic) bond motifs is 1. The van der Waals surface area contributed by atoms with Gasteiger partial charge in [-0.1, -0.05) is 17.3 Å². The third-order valence-electron chi connectivity index (χ3n) is 2.58. The lowest BCUT2D eigenvalue weighted by atomic mass is 10.2. The number of cyclic esters (lactones) is 1. The van der Waals surface area contributed by atoms with Crippen LogP contribution in [0.3, 0.4) is 0 Å². The summed E-state index contributed by atoms with van der Waals surface area (Å²) in [5.41, 5.74) is 1.68. The van der Waals surface area contributed by atoms with E-state index in [2.05, 4.69) is 10.3 Å². The summed E-state index contributed by atoms with van der Waals surface area (Å²) < 4.78 is 6.55. The van der Waals surface area contributed by atoms with Crippen LogP contribution < -0.4 is 0 Å². The van der Waals surface area contributed by atoms with Crippen molar-refractivity contribution >= 4 is 17.0 Å². The smallest absolute Gasteiger partial charge is 0.331 e. The maximum absolute atomic E-state index is 11.4. The van der Waals surface area contributed by atoms with Crippen molar-refractivity contribution in [1.82, 2.24) is 15.0 Å². The predicted molar refractivity (Wildman–Crippen MR) is 52.1 cm³/mol. The Morgan fingerprint density at radius 3 is 3.07 bits per heavy atom. The van der Waals surface area contributed by atoms with Crippen molar-refractivity contribution < 1.29 is 9.53 Å². The van der Waals surface area contributed by atoms with Gasteiger partial charge < -0.3 is 4.74 Å². The van der Waals surface area contributed by atoms with Crippen LogP contribution in [0.15, 0.2) is 24.3 Å². The van der Waals surface area contributed by atoms with Gasteiger partial charge >= 0.3 is 5.97 Å². The third kappa shape index (κ3) is 1.20. The summed E-state index contributed by atoms with van der Waals surface area (Å²) in [6.07, 6.45) is 0.673. The van der Waals surface area contributed by atoms with Gasteiger partial charge in [-0.25, -0.2) is 9.48 Å². The van der Waals surface area contributed by atoms with E-state index < -0.39 is 0 Å². The Kier molecular flexibility index (Phi) is 1.71. The molecule has 0 bridgehead atoms. The monoisotopic (exact) mass is 203 g/mol. The highest BCUT2D eigenvalue weighted by atomic mass is 16.5. The van der Waals surface area contributed by atoms with E-state index in [9.17, 15) is 4.79 Å². The number of aromatic nitrogens is 3. The van der Waals surface area contributed by atoms with Crippen LogP contribution in [0.1, 0.15) is 12.5 Å². The molecule has 1 unspecified atom stereocenters. The summed E-state index contributed by atoms with van der Waals surface area (Å²) in [5, 5.41) is 8.00. The Hall–Kier alpha value is -1.91. The molecule has 1 aromatic carbocycles. The Labute approximate surface area is 85.6 Å². The van der Waals surface area contributed by atoms with Gasteiger partial charge in [0.05, 0.1) is 12.1 Å². The highest BCUT2D eigenvalue weighted by Crippen LogP contribution is 2.23. The zero-order valence-corrected chi connectivity index (χ0v) is 7.96. The van der Waals surface area contributed by atoms with Gasteiger partial charge in [0.15, 0.2) is 6.04 Å². The summed E-state index contributed by atoms with van der Waals surface area (Å²) in [6.45, 7) is 0.470. The van der Waals surface area contributed by atoms with Crippen LogP contribution in [0.2, 0.25) is 0 Å². The van der Waals surface area contributed by atoms with Crippen LogP contribution in [-0.4, -0.2) is 27.6 Å². The molecule has 1 aromatic heterocycles. The van der Waals surface area contributed by atoms with E-state index in [0.29, 0.717) is 13.0 Å². The topological polar surface area (TPSA) is 57.0 Å². The Bertz CT molecular complexity index is 520. The maximum Gasteiger partial charge on any atom is 0.331 e. The van der Waals surface area contributed by atoms with Gasteiger partial charge in [-0.2, -0.15) is 0 Å². The molecule has 76 valence electrons. The van der Waals surface area contributed by atoms with Crippen molar-refractivity contribution in [3.8, 4) is 0 Å². The molecule has 5 heteroatoms. The SMILES string of the molecule is O=C1OCCC1n1nnc2ccccc21. The first-order valence-electron chi connectivity index (χ1n) is 4.83. The molecule has 2 aromatic rings. The summed E-state index contributed by atoms with van der Waals surface area (Å²) >= 11 is 0. The normalized spacial score (nSPS) is 20.8. The first-order valence-corrected chi connectivity index (χ1v) is 4.83. The average Bonchev–Trinajstić information content (AvgIpc) is 2.83. The molecule has 2 heterocycles. The van der Waals surface area contributed by atoms with Gasteiger partial charge in [0.1, 0.15) is 5.52 Å². The van der Waals surface area contributed by atoms with Gasteiger partial charge in [0, 0.05) is 6.42 Å². The van der Waals surface area contributed by atoms with Crippen molar-refractivity contribution in [1.29, 1.82) is 0 Å². The highest BCUT2D eigenvalue weighted by Gasteiger charge is 2.30. The summed E-state index contributed by atoms with van der Waals surface area (Å²) in [6, 6.07) is 7.27. The first-order chi connectivity index (χ1) is 7.36. The third-order valence-corrected chi connectivity index (χ3v) is 2.58. The van der Waals surface area contributed by atoms with Crippen molar-refractivity contribution in [3.05, 3.63) is 24.3 Å². The molecule has 15 heavy (non-hydrogen) atoms. The molecule has 0 N–H and O–H groups in total. The van der Waals surface area contributed by atoms with Gasteiger partial charge in [0.25, 0.3) is 0 Å². The molecule has 1 atom stereocenters. The Balaban J connectivity index is 2.14. The van der Waals surface area contributed by atoms with Crippen LogP contribution in [-0.2, 0) is 9.53 Å². The number of esters is 1. The molecular formula is C10H9N3O2. The van der Waals surface area contributed by atoms with E-state index in [0.717, 1.165) is 11.0 Å². The molecule has 0 radical (unpaired) electrons. The number of carbonyl (C=O) groups is 1. The number of hydrogen-bond donors (Lipinski definition) is 0. The minimum Gasteiger partial charge on any atom is -0.464 e. The van der Waals surface area contributed by atoms with E-state index in [4.69, 9.17) is 4.74 Å². The second kappa shape index (κ2) is 3.05. The molecule has 0 aliphatic carbocycles. The fourth-order valence-electron chi connectivity index (χ4n) is 1.82. The first kappa shape index (κ1) is 8.40. The van der Waals surface area contributed by atoms with E-state index in [1.54, 1.807) is 4.68 Å². The van der Waals surface area contributed by atoms with E-state index in [1.807, 2.05) is 24.3 Å². The molecule has 3 rings (SSSR count). The van der Waals surface area contributed by atoms with Crippen molar-refractivity contribution in [2.75, 3.05) is 6.61 Å². The number of benzene rings is 1. The molecular weight excluding hydrogens is 194 g/mol. The predicted octanol–water partition coefficient (Wildman–Crippen LogP) is 0.919. The molecule has 1 aliphatic heterocycles. The molecule has 5 nitrogen and oxygen atoms in total. The number of nitrogens with zero attached hydrogens (tertiary/aromatic N) is 3. The molecule has 0 amide bonds. The summed E-state index contributed by atoms with van der Waals surface area (Å²) in [7, 11) is 0. The minimum absolute atomic E-state index is 0.217. The fraction of sp³-hybridized carbons (Fsp3) is 0.300. The molecule has 1 saturated heterocycles. The maximum atomic E-state index is 11.4. The number of para-hydroxylation sites is 1. The van der Waals surface area contributed by atoms with Crippen LogP contribution in [0, 0.1) is 0 Å². The largest absolute Gasteiger partial charge is 0.464 e. The van der Waals surface area contributed by atoms with Crippen LogP contribution in [0.5, 0.6) is 0 Å². The van der Waals surface area contributed by atoms with Gasteiger partial charge in [-0.05, 0) is 12.1 Å². The second-order valence-corrected chi connectivity index (χ2v) is 3.49. The van der Waals surface area contributed by atoms with Gasteiger partial charge in [0.2, 0.25) is 0 Å². The zero-order valence-electron chi connectivity index (χ0n) is 7.96. The summed E-state index contributed by atoms with van der Waals surface area (Å²) in [5.74, 6) is -0.217. The number of rotatable bonds is 1. The second-order valence-electron chi connectivity index (χ2n) is 3.49. The van der Waals surface area contributed by atoms with Crippen LogP contribution in [0.25, 0.3) is 11.0 Å². The van der Waals surface area contributed by atoms with Crippen molar-refractivity contribution in [2.24, 2.45) is 0 Å². The van der Waals surface area contributed by atoms with Crippen LogP contribution in [0.4, 0.5) is 0 Å². The quantitative estimate of drug-likeness (QED) is 0.646. The number of carbonyl (C=O) groups excluding carboxylic acids is 1. The van der Waals surface area contributed by atoms with Crippen molar-refractivity contribution in [2.45, 2.75) is 12.5 Å². The minimum atomic E-state index is -0.308. The number of ether oxygens (including phenoxy) is 1. The number of hydrogen-bond acceptors (Lipinski definition) is 4. The van der Waals surface area contributed by atoms with Crippen LogP contribution >= 0.6 is 0 Å². The standard InChI is InChI=1S/C10H9N3O2/c14-10-9(5-6-15-10)13-8-4-2-1-3-7(8)11-12-13/h1-4,9H,5-6H2. The molecule has 0 saturated carbocycles. The zero-order chi connectivity index (χ0) is 10.3. The van der Waals surface area contributed by atoms with E-state index >= 15 is 0 Å². The lowest BCUT2D eigenvalue weighted by Crippen LogP contribution is -2.15. The Morgan fingerprint density at radius 2 is 2.27 bits per heavy atom. The molecule has 1 fully saturated rings. The summed E-state index contributed by atoms with van der Waals surface area (Å²) in [4.78, 5) is 11.4. The van der Waals surface area contributed by atoms with E-state index in [1.165, 1.54) is 0 Å². The molecule has 0 spiro atoms. The van der Waals surface area contributed by atoms with Gasteiger partial charge in [-0.15, -0.1) is 5.10 Å². The average molecular weight is 203 g/mol. The van der Waals surface area contributed by atoms with Gasteiger partial charge in [-0.3, -0.25) is 0 Å². The lowest BCUT2D eigenvalue weighted by molar-refractivity contribution is -0.140.